The number of hydrogen-bond acceptors (Lipinski definition) is 3. The van der Waals surface area contributed by atoms with Gasteiger partial charge in [0.25, 0.3) is 5.91 Å². The van der Waals surface area contributed by atoms with Crippen molar-refractivity contribution in [2.45, 2.75) is 6.54 Å². The Kier molecular flexibility index (Phi) is 6.62. The van der Waals surface area contributed by atoms with Crippen molar-refractivity contribution >= 4 is 54.8 Å². The lowest BCUT2D eigenvalue weighted by Gasteiger charge is -2.23. The highest BCUT2D eigenvalue weighted by molar-refractivity contribution is 9.10. The summed E-state index contributed by atoms with van der Waals surface area (Å²) in [5, 5.41) is 3.40. The van der Waals surface area contributed by atoms with Crippen LogP contribution in [0.3, 0.4) is 0 Å². The number of nitrogens with zero attached hydrogens (tertiary/aromatic N) is 1. The first kappa shape index (κ1) is 21.4. The molecule has 3 aromatic carbocycles. The second-order valence-electron chi connectivity index (χ2n) is 6.38. The quantitative estimate of drug-likeness (QED) is 0.505. The van der Waals surface area contributed by atoms with Crippen molar-refractivity contribution in [2.24, 2.45) is 0 Å². The molecule has 8 heteroatoms. The highest BCUT2D eigenvalue weighted by Gasteiger charge is 2.18. The Hall–Kier alpha value is -2.35. The zero-order valence-corrected chi connectivity index (χ0v) is 18.6. The van der Waals surface area contributed by atoms with Crippen molar-refractivity contribution in [1.29, 1.82) is 0 Å². The number of hydrogen-bond donors (Lipinski definition) is 1. The summed E-state index contributed by atoms with van der Waals surface area (Å²) in [6.07, 6.45) is 1.15. The van der Waals surface area contributed by atoms with E-state index in [1.165, 1.54) is 4.31 Å². The molecule has 0 aliphatic rings. The average Bonchev–Trinajstić information content (AvgIpc) is 2.68. The lowest BCUT2D eigenvalue weighted by Crippen LogP contribution is -2.29. The van der Waals surface area contributed by atoms with E-state index in [1.807, 2.05) is 18.2 Å². The molecule has 0 aliphatic carbocycles. The Morgan fingerprint density at radius 1 is 1.00 bits per heavy atom. The molecule has 0 radical (unpaired) electrons. The molecule has 1 N–H and O–H groups in total. The van der Waals surface area contributed by atoms with Crippen LogP contribution in [0.4, 0.5) is 11.4 Å². The van der Waals surface area contributed by atoms with Crippen LogP contribution in [0.2, 0.25) is 5.02 Å². The summed E-state index contributed by atoms with van der Waals surface area (Å²) in [5.74, 6) is -0.285. The first-order valence-corrected chi connectivity index (χ1v) is 11.6. The van der Waals surface area contributed by atoms with E-state index in [2.05, 4.69) is 21.2 Å². The first-order valence-electron chi connectivity index (χ1n) is 8.62. The van der Waals surface area contributed by atoms with Gasteiger partial charge in [0, 0.05) is 15.1 Å². The van der Waals surface area contributed by atoms with Gasteiger partial charge < -0.3 is 5.32 Å². The van der Waals surface area contributed by atoms with Gasteiger partial charge >= 0.3 is 0 Å². The molecule has 5 nitrogen and oxygen atoms in total. The molecule has 0 heterocycles. The number of sulfonamides is 1. The van der Waals surface area contributed by atoms with E-state index in [0.29, 0.717) is 22.0 Å². The molecule has 0 bridgehead atoms. The largest absolute Gasteiger partial charge is 0.321 e. The van der Waals surface area contributed by atoms with Crippen LogP contribution in [0.15, 0.2) is 77.3 Å². The number of para-hydroxylation sites is 1. The third-order valence-corrected chi connectivity index (χ3v) is 6.26. The number of halogens is 2. The van der Waals surface area contributed by atoms with E-state index in [0.717, 1.165) is 16.3 Å². The van der Waals surface area contributed by atoms with E-state index in [1.54, 1.807) is 54.6 Å². The van der Waals surface area contributed by atoms with Crippen molar-refractivity contribution in [1.82, 2.24) is 0 Å². The zero-order chi connectivity index (χ0) is 21.0. The zero-order valence-electron chi connectivity index (χ0n) is 15.5. The minimum atomic E-state index is -3.52. The van der Waals surface area contributed by atoms with Gasteiger partial charge in [-0.3, -0.25) is 9.10 Å². The molecule has 0 unspecified atom stereocenters. The third kappa shape index (κ3) is 5.59. The Labute approximate surface area is 183 Å². The lowest BCUT2D eigenvalue weighted by atomic mass is 10.1. The number of carbonyl (C=O) groups is 1. The molecule has 0 spiro atoms. The summed E-state index contributed by atoms with van der Waals surface area (Å²) in [7, 11) is -3.52. The van der Waals surface area contributed by atoms with Crippen LogP contribution in [0.1, 0.15) is 15.9 Å². The fourth-order valence-electron chi connectivity index (χ4n) is 2.69. The van der Waals surface area contributed by atoms with Crippen molar-refractivity contribution in [3.05, 3.63) is 93.4 Å². The molecular formula is C21H18BrClN2O3S. The number of amides is 1. The van der Waals surface area contributed by atoms with Crippen LogP contribution in [-0.4, -0.2) is 20.6 Å². The van der Waals surface area contributed by atoms with Crippen molar-refractivity contribution in [2.75, 3.05) is 15.9 Å². The predicted octanol–water partition coefficient (Wildman–Crippen LogP) is 5.32. The summed E-state index contributed by atoms with van der Waals surface area (Å²) < 4.78 is 26.7. The minimum absolute atomic E-state index is 0.165. The van der Waals surface area contributed by atoms with Gasteiger partial charge in [0.2, 0.25) is 10.0 Å². The summed E-state index contributed by atoms with van der Waals surface area (Å²) in [5.41, 5.74) is 2.35. The normalized spacial score (nSPS) is 11.1. The molecule has 1 amide bonds. The third-order valence-electron chi connectivity index (χ3n) is 4.18. The van der Waals surface area contributed by atoms with Gasteiger partial charge in [0.15, 0.2) is 0 Å². The molecule has 29 heavy (non-hydrogen) atoms. The number of carbonyl (C=O) groups excluding carboxylic acids is 1. The number of benzene rings is 3. The maximum atomic E-state index is 12.5. The highest BCUT2D eigenvalue weighted by atomic mass is 79.9. The topological polar surface area (TPSA) is 66.5 Å². The van der Waals surface area contributed by atoms with E-state index >= 15 is 0 Å². The Bertz CT molecular complexity index is 1120. The minimum Gasteiger partial charge on any atom is -0.321 e. The van der Waals surface area contributed by atoms with Crippen LogP contribution in [0, 0.1) is 0 Å². The van der Waals surface area contributed by atoms with Gasteiger partial charge in [0.05, 0.1) is 24.2 Å². The Morgan fingerprint density at radius 2 is 1.62 bits per heavy atom. The first-order chi connectivity index (χ1) is 13.7. The summed E-state index contributed by atoms with van der Waals surface area (Å²) in [6.45, 7) is 0.165. The summed E-state index contributed by atoms with van der Waals surface area (Å²) >= 11 is 9.29. The molecule has 0 saturated carbocycles. The molecule has 150 valence electrons. The standard InChI is InChI=1S/C21H18BrClN2O3S/c1-29(27,28)25(14-15-6-10-17(23)11-7-15)18-12-8-16(9-13-18)21(26)24-20-5-3-2-4-19(20)22/h2-13H,14H2,1H3,(H,24,26). The molecule has 3 rings (SSSR count). The van der Waals surface area contributed by atoms with E-state index in [-0.39, 0.29) is 12.5 Å². The fourth-order valence-corrected chi connectivity index (χ4v) is 4.09. The van der Waals surface area contributed by atoms with E-state index in [4.69, 9.17) is 11.6 Å². The Balaban J connectivity index is 1.81. The van der Waals surface area contributed by atoms with Crippen LogP contribution in [0.5, 0.6) is 0 Å². The predicted molar refractivity (Wildman–Crippen MR) is 121 cm³/mol. The molecule has 3 aromatic rings. The van der Waals surface area contributed by atoms with Gasteiger partial charge in [-0.05, 0) is 70.0 Å². The van der Waals surface area contributed by atoms with Gasteiger partial charge in [-0.1, -0.05) is 35.9 Å². The molecule has 0 atom stereocenters. The number of rotatable bonds is 6. The monoisotopic (exact) mass is 492 g/mol. The summed E-state index contributed by atoms with van der Waals surface area (Å²) in [6, 6.07) is 20.7. The second kappa shape index (κ2) is 8.98. The fraction of sp³-hybridized carbons (Fsp3) is 0.0952. The average molecular weight is 494 g/mol. The van der Waals surface area contributed by atoms with Gasteiger partial charge in [-0.15, -0.1) is 0 Å². The van der Waals surface area contributed by atoms with Crippen LogP contribution < -0.4 is 9.62 Å². The van der Waals surface area contributed by atoms with E-state index in [9.17, 15) is 13.2 Å². The highest BCUT2D eigenvalue weighted by Crippen LogP contribution is 2.24. The molecule has 0 aromatic heterocycles. The summed E-state index contributed by atoms with van der Waals surface area (Å²) in [4.78, 5) is 12.5. The number of anilines is 2. The maximum absolute atomic E-state index is 12.5. The maximum Gasteiger partial charge on any atom is 0.255 e. The van der Waals surface area contributed by atoms with Crippen LogP contribution in [0.25, 0.3) is 0 Å². The number of nitrogens with one attached hydrogen (secondary N) is 1. The van der Waals surface area contributed by atoms with E-state index < -0.39 is 10.0 Å². The molecule has 0 saturated heterocycles. The van der Waals surface area contributed by atoms with Gasteiger partial charge in [-0.25, -0.2) is 8.42 Å². The van der Waals surface area contributed by atoms with Crippen molar-refractivity contribution < 1.29 is 13.2 Å². The second-order valence-corrected chi connectivity index (χ2v) is 9.57. The molecule has 0 fully saturated rings. The smallest absolute Gasteiger partial charge is 0.255 e. The Morgan fingerprint density at radius 3 is 2.21 bits per heavy atom. The van der Waals surface area contributed by atoms with Gasteiger partial charge in [-0.2, -0.15) is 0 Å². The van der Waals surface area contributed by atoms with Crippen molar-refractivity contribution in [3.8, 4) is 0 Å². The van der Waals surface area contributed by atoms with Crippen LogP contribution >= 0.6 is 27.5 Å². The molecular weight excluding hydrogens is 476 g/mol. The molecule has 0 aliphatic heterocycles. The van der Waals surface area contributed by atoms with Crippen molar-refractivity contribution in [3.63, 3.8) is 0 Å². The SMILES string of the molecule is CS(=O)(=O)N(Cc1ccc(Cl)cc1)c1ccc(C(=O)Nc2ccccc2Br)cc1. The lowest BCUT2D eigenvalue weighted by molar-refractivity contribution is 0.102. The van der Waals surface area contributed by atoms with Crippen LogP contribution in [-0.2, 0) is 16.6 Å². The van der Waals surface area contributed by atoms with Gasteiger partial charge in [0.1, 0.15) is 0 Å².